The zero-order valence-electron chi connectivity index (χ0n) is 17.9. The molecule has 0 aliphatic carbocycles. The van der Waals surface area contributed by atoms with Crippen molar-refractivity contribution in [2.75, 3.05) is 7.11 Å². The van der Waals surface area contributed by atoms with Crippen LogP contribution in [0.4, 0.5) is 0 Å². The van der Waals surface area contributed by atoms with Crippen molar-refractivity contribution < 1.29 is 14.3 Å². The number of rotatable bonds is 8. The number of nitrogens with zero attached hydrogens (tertiary/aromatic N) is 1. The summed E-state index contributed by atoms with van der Waals surface area (Å²) in [5.74, 6) is 1.01. The van der Waals surface area contributed by atoms with Crippen molar-refractivity contribution in [1.82, 2.24) is 4.57 Å². The second-order valence-electron chi connectivity index (χ2n) is 7.25. The average molecular weight is 478 g/mol. The van der Waals surface area contributed by atoms with Gasteiger partial charge in [0, 0.05) is 29.2 Å². The number of aromatic nitrogens is 1. The van der Waals surface area contributed by atoms with Crippen LogP contribution in [0, 0.1) is 0 Å². The van der Waals surface area contributed by atoms with Crippen LogP contribution in [0.3, 0.4) is 0 Å². The second kappa shape index (κ2) is 10.4. The normalized spacial score (nSPS) is 11.0. The van der Waals surface area contributed by atoms with Gasteiger partial charge in [-0.15, -0.1) is 0 Å². The molecule has 166 valence electrons. The maximum Gasteiger partial charge on any atom is 0.185 e. The Labute approximate surface area is 202 Å². The molecule has 0 aliphatic heterocycles. The van der Waals surface area contributed by atoms with Crippen LogP contribution in [-0.4, -0.2) is 17.5 Å². The summed E-state index contributed by atoms with van der Waals surface area (Å²) < 4.78 is 13.5. The van der Waals surface area contributed by atoms with Crippen molar-refractivity contribution in [3.63, 3.8) is 0 Å². The van der Waals surface area contributed by atoms with Gasteiger partial charge < -0.3 is 14.0 Å². The van der Waals surface area contributed by atoms with E-state index in [1.165, 1.54) is 6.08 Å². The molecular weight excluding hydrogens is 457 g/mol. The second-order valence-corrected chi connectivity index (χ2v) is 8.06. The van der Waals surface area contributed by atoms with E-state index in [9.17, 15) is 4.79 Å². The van der Waals surface area contributed by atoms with Crippen molar-refractivity contribution in [1.29, 1.82) is 0 Å². The Kier molecular flexibility index (Phi) is 7.18. The van der Waals surface area contributed by atoms with Gasteiger partial charge in [-0.25, -0.2) is 0 Å². The first kappa shape index (κ1) is 22.7. The molecule has 0 atom stereocenters. The van der Waals surface area contributed by atoms with Crippen LogP contribution in [0.5, 0.6) is 11.5 Å². The summed E-state index contributed by atoms with van der Waals surface area (Å²) in [5.41, 5.74) is 3.19. The van der Waals surface area contributed by atoms with Crippen molar-refractivity contribution in [2.45, 2.75) is 6.61 Å². The third kappa shape index (κ3) is 5.48. The molecule has 3 aromatic carbocycles. The minimum atomic E-state index is -0.104. The largest absolute Gasteiger partial charge is 0.493 e. The number of ether oxygens (including phenoxy) is 2. The third-order valence-electron chi connectivity index (χ3n) is 5.07. The molecule has 0 bridgehead atoms. The van der Waals surface area contributed by atoms with E-state index < -0.39 is 0 Å². The van der Waals surface area contributed by atoms with Crippen LogP contribution in [0.1, 0.15) is 21.5 Å². The quantitative estimate of drug-likeness (QED) is 0.198. The number of benzene rings is 3. The van der Waals surface area contributed by atoms with Gasteiger partial charge in [0.25, 0.3) is 0 Å². The van der Waals surface area contributed by atoms with E-state index in [4.69, 9.17) is 32.7 Å². The lowest BCUT2D eigenvalue weighted by Crippen LogP contribution is -2.00. The van der Waals surface area contributed by atoms with Crippen LogP contribution >= 0.6 is 23.2 Å². The number of para-hydroxylation sites is 1. The monoisotopic (exact) mass is 477 g/mol. The Balaban J connectivity index is 1.52. The lowest BCUT2D eigenvalue weighted by molar-refractivity contribution is 0.104. The number of allylic oxidation sites excluding steroid dienone is 1. The molecular formula is C27H21Cl2NO3. The summed E-state index contributed by atoms with van der Waals surface area (Å²) in [6.07, 6.45) is 7.18. The Hall–Kier alpha value is -3.47. The van der Waals surface area contributed by atoms with Crippen molar-refractivity contribution in [2.24, 2.45) is 0 Å². The summed E-state index contributed by atoms with van der Waals surface area (Å²) in [6.45, 7) is 0.271. The van der Waals surface area contributed by atoms with Crippen LogP contribution in [0.25, 0.3) is 11.8 Å². The number of halogens is 2. The average Bonchev–Trinajstić information content (AvgIpc) is 3.38. The van der Waals surface area contributed by atoms with E-state index in [1.54, 1.807) is 25.3 Å². The SMILES string of the molecule is COc1cccc(/C=C/C(=O)c2ccc(-n3cccc3)cc2)c1OCc1ccc(Cl)c(Cl)c1. The predicted molar refractivity (Wildman–Crippen MR) is 133 cm³/mol. The summed E-state index contributed by atoms with van der Waals surface area (Å²) in [5, 5.41) is 0.951. The molecule has 0 amide bonds. The highest BCUT2D eigenvalue weighted by atomic mass is 35.5. The minimum Gasteiger partial charge on any atom is -0.493 e. The van der Waals surface area contributed by atoms with Crippen molar-refractivity contribution in [3.05, 3.63) is 118 Å². The van der Waals surface area contributed by atoms with Crippen molar-refractivity contribution in [3.8, 4) is 17.2 Å². The number of ketones is 1. The van der Waals surface area contributed by atoms with Crippen LogP contribution in [0.15, 0.2) is 91.3 Å². The first-order valence-corrected chi connectivity index (χ1v) is 11.0. The molecule has 0 N–H and O–H groups in total. The van der Waals surface area contributed by atoms with Crippen LogP contribution in [0.2, 0.25) is 10.0 Å². The van der Waals surface area contributed by atoms with Gasteiger partial charge >= 0.3 is 0 Å². The molecule has 4 aromatic rings. The number of hydrogen-bond acceptors (Lipinski definition) is 3. The summed E-state index contributed by atoms with van der Waals surface area (Å²) >= 11 is 12.1. The summed E-state index contributed by atoms with van der Waals surface area (Å²) in [4.78, 5) is 12.7. The Morgan fingerprint density at radius 1 is 0.939 bits per heavy atom. The molecule has 0 spiro atoms. The van der Waals surface area contributed by atoms with E-state index in [0.29, 0.717) is 27.1 Å². The fraction of sp³-hybridized carbons (Fsp3) is 0.0741. The minimum absolute atomic E-state index is 0.104. The molecule has 4 rings (SSSR count). The lowest BCUT2D eigenvalue weighted by atomic mass is 10.1. The zero-order chi connectivity index (χ0) is 23.2. The first-order valence-electron chi connectivity index (χ1n) is 10.2. The summed E-state index contributed by atoms with van der Waals surface area (Å²) in [6, 6.07) is 22.2. The highest BCUT2D eigenvalue weighted by molar-refractivity contribution is 6.42. The Morgan fingerprint density at radius 3 is 2.39 bits per heavy atom. The molecule has 0 saturated heterocycles. The number of hydrogen-bond donors (Lipinski definition) is 0. The molecule has 1 aromatic heterocycles. The van der Waals surface area contributed by atoms with E-state index >= 15 is 0 Å². The third-order valence-corrected chi connectivity index (χ3v) is 5.80. The highest BCUT2D eigenvalue weighted by Crippen LogP contribution is 2.33. The van der Waals surface area contributed by atoms with Gasteiger partial charge in [-0.2, -0.15) is 0 Å². The van der Waals surface area contributed by atoms with Crippen molar-refractivity contribution >= 4 is 35.1 Å². The molecule has 4 nitrogen and oxygen atoms in total. The van der Waals surface area contributed by atoms with E-state index in [1.807, 2.05) is 77.6 Å². The van der Waals surface area contributed by atoms with Gasteiger partial charge in [0.15, 0.2) is 17.3 Å². The molecule has 0 unspecified atom stereocenters. The molecule has 0 aliphatic rings. The molecule has 0 saturated carbocycles. The fourth-order valence-corrected chi connectivity index (χ4v) is 3.65. The topological polar surface area (TPSA) is 40.5 Å². The lowest BCUT2D eigenvalue weighted by Gasteiger charge is -2.14. The predicted octanol–water partition coefficient (Wildman–Crippen LogP) is 7.27. The van der Waals surface area contributed by atoms with E-state index in [0.717, 1.165) is 16.8 Å². The fourth-order valence-electron chi connectivity index (χ4n) is 3.33. The van der Waals surface area contributed by atoms with Crippen LogP contribution < -0.4 is 9.47 Å². The Bertz CT molecular complexity index is 1280. The van der Waals surface area contributed by atoms with Gasteiger partial charge in [0.05, 0.1) is 17.2 Å². The van der Waals surface area contributed by atoms with E-state index in [-0.39, 0.29) is 12.4 Å². The molecule has 1 heterocycles. The van der Waals surface area contributed by atoms with Gasteiger partial charge in [-0.05, 0) is 72.3 Å². The van der Waals surface area contributed by atoms with Gasteiger partial charge in [0.1, 0.15) is 6.61 Å². The Morgan fingerprint density at radius 2 is 1.70 bits per heavy atom. The molecule has 0 radical (unpaired) electrons. The summed E-state index contributed by atoms with van der Waals surface area (Å²) in [7, 11) is 1.58. The number of carbonyl (C=O) groups is 1. The molecule has 6 heteroatoms. The number of methoxy groups -OCH3 is 1. The van der Waals surface area contributed by atoms with Gasteiger partial charge in [-0.3, -0.25) is 4.79 Å². The highest BCUT2D eigenvalue weighted by Gasteiger charge is 2.11. The van der Waals surface area contributed by atoms with Gasteiger partial charge in [0.2, 0.25) is 0 Å². The standard InChI is InChI=1S/C27H21Cl2NO3/c1-32-26-6-4-5-21(27(26)33-18-19-7-13-23(28)24(29)17-19)10-14-25(31)20-8-11-22(12-9-20)30-15-2-3-16-30/h2-17H,18H2,1H3/b14-10+. The molecule has 0 fully saturated rings. The smallest absolute Gasteiger partial charge is 0.185 e. The first-order chi connectivity index (χ1) is 16.0. The zero-order valence-corrected chi connectivity index (χ0v) is 19.4. The maximum atomic E-state index is 12.7. The molecule has 33 heavy (non-hydrogen) atoms. The van der Waals surface area contributed by atoms with Gasteiger partial charge in [-0.1, -0.05) is 41.4 Å². The number of carbonyl (C=O) groups excluding carboxylic acids is 1. The van der Waals surface area contributed by atoms with E-state index in [2.05, 4.69) is 0 Å². The van der Waals surface area contributed by atoms with Crippen LogP contribution in [-0.2, 0) is 6.61 Å². The maximum absolute atomic E-state index is 12.7.